The Morgan fingerprint density at radius 1 is 0.658 bits per heavy atom. The summed E-state index contributed by atoms with van der Waals surface area (Å²) in [5.41, 5.74) is 4.01. The van der Waals surface area contributed by atoms with Gasteiger partial charge in [-0.1, -0.05) is 60.7 Å². The van der Waals surface area contributed by atoms with Crippen molar-refractivity contribution < 1.29 is 14.4 Å². The van der Waals surface area contributed by atoms with Crippen molar-refractivity contribution in [2.45, 2.75) is 6.54 Å². The molecule has 0 aliphatic carbocycles. The second-order valence-electron chi connectivity index (χ2n) is 8.91. The van der Waals surface area contributed by atoms with Crippen molar-refractivity contribution in [1.29, 1.82) is 0 Å². The Morgan fingerprint density at radius 2 is 1.24 bits per heavy atom. The van der Waals surface area contributed by atoms with Gasteiger partial charge in [-0.2, -0.15) is 0 Å². The van der Waals surface area contributed by atoms with Crippen molar-refractivity contribution >= 4 is 34.8 Å². The Hall–Kier alpha value is -4.91. The van der Waals surface area contributed by atoms with Gasteiger partial charge in [-0.3, -0.25) is 14.4 Å². The van der Waals surface area contributed by atoms with Gasteiger partial charge in [-0.25, -0.2) is 0 Å². The van der Waals surface area contributed by atoms with E-state index in [2.05, 4.69) is 10.6 Å². The molecular formula is C31H30N4O3. The second-order valence-corrected chi connectivity index (χ2v) is 8.91. The molecule has 0 spiro atoms. The first-order valence-corrected chi connectivity index (χ1v) is 12.3. The fraction of sp³-hybridized carbons (Fsp3) is 0.129. The van der Waals surface area contributed by atoms with E-state index in [-0.39, 0.29) is 24.3 Å². The number of nitrogens with one attached hydrogen (secondary N) is 2. The van der Waals surface area contributed by atoms with Crippen LogP contribution in [0.15, 0.2) is 109 Å². The molecule has 0 aromatic heterocycles. The molecule has 3 amide bonds. The van der Waals surface area contributed by atoms with Crippen molar-refractivity contribution in [2.75, 3.05) is 36.2 Å². The van der Waals surface area contributed by atoms with Crippen LogP contribution in [-0.4, -0.2) is 43.3 Å². The number of hydrogen-bond acceptors (Lipinski definition) is 4. The number of carbonyl (C=O) groups is 3. The summed E-state index contributed by atoms with van der Waals surface area (Å²) in [4.78, 5) is 41.6. The number of nitrogens with zero attached hydrogens (tertiary/aromatic N) is 2. The van der Waals surface area contributed by atoms with Gasteiger partial charge in [-0.15, -0.1) is 0 Å². The highest BCUT2D eigenvalue weighted by Gasteiger charge is 2.15. The van der Waals surface area contributed by atoms with Crippen LogP contribution in [0.25, 0.3) is 0 Å². The van der Waals surface area contributed by atoms with E-state index in [1.54, 1.807) is 72.4 Å². The largest absolute Gasteiger partial charge is 0.376 e. The van der Waals surface area contributed by atoms with Crippen molar-refractivity contribution in [2.24, 2.45) is 0 Å². The molecule has 38 heavy (non-hydrogen) atoms. The first-order valence-electron chi connectivity index (χ1n) is 12.3. The van der Waals surface area contributed by atoms with Crippen molar-refractivity contribution in [3.63, 3.8) is 0 Å². The molecule has 0 unspecified atom stereocenters. The van der Waals surface area contributed by atoms with Crippen LogP contribution in [0.5, 0.6) is 0 Å². The lowest BCUT2D eigenvalue weighted by Crippen LogP contribution is -2.27. The molecule has 0 aliphatic heterocycles. The average Bonchev–Trinajstić information content (AvgIpc) is 2.96. The van der Waals surface area contributed by atoms with Gasteiger partial charge in [0.25, 0.3) is 11.8 Å². The average molecular weight is 507 g/mol. The molecule has 0 heterocycles. The zero-order chi connectivity index (χ0) is 26.9. The molecule has 192 valence electrons. The fourth-order valence-corrected chi connectivity index (χ4v) is 3.99. The summed E-state index contributed by atoms with van der Waals surface area (Å²) in [6.45, 7) is 0.502. The van der Waals surface area contributed by atoms with Crippen molar-refractivity contribution in [3.05, 3.63) is 126 Å². The van der Waals surface area contributed by atoms with Crippen LogP contribution in [0.4, 0.5) is 17.1 Å². The minimum absolute atomic E-state index is 0.000406. The molecule has 4 aromatic rings. The molecular weight excluding hydrogens is 476 g/mol. The zero-order valence-corrected chi connectivity index (χ0v) is 21.4. The van der Waals surface area contributed by atoms with Crippen LogP contribution >= 0.6 is 0 Å². The number of para-hydroxylation sites is 1. The third-order valence-electron chi connectivity index (χ3n) is 6.01. The first kappa shape index (κ1) is 26.2. The summed E-state index contributed by atoms with van der Waals surface area (Å²) >= 11 is 0. The van der Waals surface area contributed by atoms with Gasteiger partial charge < -0.3 is 20.4 Å². The summed E-state index contributed by atoms with van der Waals surface area (Å²) < 4.78 is 0. The first-order chi connectivity index (χ1) is 18.4. The molecule has 0 saturated heterocycles. The highest BCUT2D eigenvalue weighted by molar-refractivity contribution is 6.06. The van der Waals surface area contributed by atoms with Gasteiger partial charge in [0.15, 0.2) is 0 Å². The maximum atomic E-state index is 12.9. The van der Waals surface area contributed by atoms with Gasteiger partial charge in [-0.05, 0) is 54.1 Å². The Labute approximate surface area is 222 Å². The van der Waals surface area contributed by atoms with Crippen LogP contribution in [0.2, 0.25) is 0 Å². The Morgan fingerprint density at radius 3 is 1.92 bits per heavy atom. The smallest absolute Gasteiger partial charge is 0.258 e. The van der Waals surface area contributed by atoms with E-state index in [0.29, 0.717) is 29.0 Å². The predicted octanol–water partition coefficient (Wildman–Crippen LogP) is 5.29. The van der Waals surface area contributed by atoms with E-state index in [9.17, 15) is 14.4 Å². The monoisotopic (exact) mass is 506 g/mol. The summed E-state index contributed by atoms with van der Waals surface area (Å²) in [5.74, 6) is -0.558. The van der Waals surface area contributed by atoms with E-state index >= 15 is 0 Å². The van der Waals surface area contributed by atoms with Gasteiger partial charge in [0, 0.05) is 48.8 Å². The van der Waals surface area contributed by atoms with Crippen LogP contribution < -0.4 is 15.5 Å². The Bertz CT molecular complexity index is 1410. The fourth-order valence-electron chi connectivity index (χ4n) is 3.99. The number of rotatable bonds is 9. The maximum absolute atomic E-state index is 12.9. The number of anilines is 3. The molecule has 0 aliphatic rings. The standard InChI is InChI=1S/C31H30N4O3/c1-34(22-23-11-5-3-6-12-23)30(37)24-13-9-15-26(19-24)32-21-29(36)33-27-16-10-14-25(20-27)31(38)35(2)28-17-7-4-8-18-28/h3-20,32H,21-22H2,1-2H3,(H,33,36). The lowest BCUT2D eigenvalue weighted by Gasteiger charge is -2.18. The van der Waals surface area contributed by atoms with Gasteiger partial charge >= 0.3 is 0 Å². The van der Waals surface area contributed by atoms with Crippen molar-refractivity contribution in [3.8, 4) is 0 Å². The van der Waals surface area contributed by atoms with E-state index in [1.807, 2.05) is 60.7 Å². The van der Waals surface area contributed by atoms with E-state index in [0.717, 1.165) is 11.3 Å². The van der Waals surface area contributed by atoms with Crippen LogP contribution in [0, 0.1) is 0 Å². The minimum Gasteiger partial charge on any atom is -0.376 e. The topological polar surface area (TPSA) is 81.8 Å². The zero-order valence-electron chi connectivity index (χ0n) is 21.4. The van der Waals surface area contributed by atoms with Crippen LogP contribution in [0.1, 0.15) is 26.3 Å². The van der Waals surface area contributed by atoms with Gasteiger partial charge in [0.1, 0.15) is 0 Å². The number of amides is 3. The molecule has 4 rings (SSSR count). The molecule has 0 atom stereocenters. The van der Waals surface area contributed by atoms with Crippen LogP contribution in [-0.2, 0) is 11.3 Å². The molecule has 0 bridgehead atoms. The normalized spacial score (nSPS) is 10.4. The van der Waals surface area contributed by atoms with E-state index in [1.165, 1.54) is 0 Å². The highest BCUT2D eigenvalue weighted by atomic mass is 16.2. The molecule has 7 heteroatoms. The maximum Gasteiger partial charge on any atom is 0.258 e. The Kier molecular flexibility index (Phi) is 8.51. The molecule has 4 aromatic carbocycles. The van der Waals surface area contributed by atoms with Crippen LogP contribution in [0.3, 0.4) is 0 Å². The summed E-state index contributed by atoms with van der Waals surface area (Å²) in [6.07, 6.45) is 0. The molecule has 0 fully saturated rings. The highest BCUT2D eigenvalue weighted by Crippen LogP contribution is 2.18. The lowest BCUT2D eigenvalue weighted by molar-refractivity contribution is -0.114. The number of benzene rings is 4. The molecule has 0 saturated carbocycles. The second kappa shape index (κ2) is 12.4. The summed E-state index contributed by atoms with van der Waals surface area (Å²) in [7, 11) is 3.48. The third-order valence-corrected chi connectivity index (χ3v) is 6.01. The molecule has 0 radical (unpaired) electrons. The van der Waals surface area contributed by atoms with E-state index in [4.69, 9.17) is 0 Å². The molecule has 2 N–H and O–H groups in total. The lowest BCUT2D eigenvalue weighted by atomic mass is 10.1. The predicted molar refractivity (Wildman–Crippen MR) is 151 cm³/mol. The summed E-state index contributed by atoms with van der Waals surface area (Å²) in [5, 5.41) is 5.89. The van der Waals surface area contributed by atoms with Gasteiger partial charge in [0.05, 0.1) is 6.54 Å². The van der Waals surface area contributed by atoms with Crippen molar-refractivity contribution in [1.82, 2.24) is 4.90 Å². The quantitative estimate of drug-likeness (QED) is 0.323. The van der Waals surface area contributed by atoms with Gasteiger partial charge in [0.2, 0.25) is 5.91 Å². The SMILES string of the molecule is CN(Cc1ccccc1)C(=O)c1cccc(NCC(=O)Nc2cccc(C(=O)N(C)c3ccccc3)c2)c1. The summed E-state index contributed by atoms with van der Waals surface area (Å²) in [6, 6.07) is 33.1. The minimum atomic E-state index is -0.274. The van der Waals surface area contributed by atoms with E-state index < -0.39 is 0 Å². The number of hydrogen-bond donors (Lipinski definition) is 2. The Balaban J connectivity index is 1.33. The number of carbonyl (C=O) groups excluding carboxylic acids is 3. The third kappa shape index (κ3) is 6.85. The molecule has 7 nitrogen and oxygen atoms in total.